The summed E-state index contributed by atoms with van der Waals surface area (Å²) in [5.41, 5.74) is -0.360. The van der Waals surface area contributed by atoms with E-state index in [1.165, 1.54) is 12.1 Å². The standard InChI is InChI=1S/C19H20ClNO4/c1-19(2,25-17-9-5-14(20)6-10-17)18(24)21-12-16(23)11-13-3-7-15(22)8-4-13/h3-10,22H,11-12H2,1-2H3,(H,21,24). The third-order valence-corrected chi connectivity index (χ3v) is 3.77. The van der Waals surface area contributed by atoms with E-state index >= 15 is 0 Å². The van der Waals surface area contributed by atoms with Gasteiger partial charge < -0.3 is 15.2 Å². The lowest BCUT2D eigenvalue weighted by molar-refractivity contribution is -0.135. The molecule has 0 aliphatic heterocycles. The first-order valence-electron chi connectivity index (χ1n) is 7.79. The summed E-state index contributed by atoms with van der Waals surface area (Å²) < 4.78 is 5.67. The molecule has 0 heterocycles. The van der Waals surface area contributed by atoms with Gasteiger partial charge >= 0.3 is 0 Å². The Balaban J connectivity index is 1.86. The zero-order valence-electron chi connectivity index (χ0n) is 14.1. The van der Waals surface area contributed by atoms with Crippen molar-refractivity contribution in [3.8, 4) is 11.5 Å². The molecule has 2 rings (SSSR count). The lowest BCUT2D eigenvalue weighted by Gasteiger charge is -2.25. The van der Waals surface area contributed by atoms with Crippen LogP contribution < -0.4 is 10.1 Å². The van der Waals surface area contributed by atoms with Gasteiger partial charge in [-0.2, -0.15) is 0 Å². The van der Waals surface area contributed by atoms with Crippen LogP contribution in [0.3, 0.4) is 0 Å². The number of ether oxygens (including phenoxy) is 1. The van der Waals surface area contributed by atoms with Gasteiger partial charge in [0.15, 0.2) is 11.4 Å². The molecule has 0 aliphatic carbocycles. The first-order valence-corrected chi connectivity index (χ1v) is 8.16. The molecule has 0 aromatic heterocycles. The lowest BCUT2D eigenvalue weighted by Crippen LogP contribution is -2.48. The molecule has 0 saturated heterocycles. The molecule has 0 fully saturated rings. The van der Waals surface area contributed by atoms with Crippen LogP contribution in [0.1, 0.15) is 19.4 Å². The Morgan fingerprint density at radius 3 is 2.28 bits per heavy atom. The lowest BCUT2D eigenvalue weighted by atomic mass is 10.1. The predicted octanol–water partition coefficient (Wildman–Crippen LogP) is 3.13. The zero-order chi connectivity index (χ0) is 18.4. The normalized spacial score (nSPS) is 11.0. The van der Waals surface area contributed by atoms with Gasteiger partial charge in [0, 0.05) is 11.4 Å². The van der Waals surface area contributed by atoms with Crippen LogP contribution >= 0.6 is 11.6 Å². The molecule has 2 N–H and O–H groups in total. The maximum Gasteiger partial charge on any atom is 0.263 e. The van der Waals surface area contributed by atoms with Gasteiger partial charge in [-0.3, -0.25) is 9.59 Å². The third kappa shape index (κ3) is 5.80. The van der Waals surface area contributed by atoms with Crippen LogP contribution in [0.25, 0.3) is 0 Å². The van der Waals surface area contributed by atoms with Gasteiger partial charge in [-0.15, -0.1) is 0 Å². The molecule has 5 nitrogen and oxygen atoms in total. The van der Waals surface area contributed by atoms with Crippen molar-refractivity contribution in [1.29, 1.82) is 0 Å². The Bertz CT molecular complexity index is 739. The number of halogens is 1. The summed E-state index contributed by atoms with van der Waals surface area (Å²) in [6, 6.07) is 13.1. The number of hydrogen-bond donors (Lipinski definition) is 2. The van der Waals surface area contributed by atoms with Crippen LogP contribution in [0.15, 0.2) is 48.5 Å². The van der Waals surface area contributed by atoms with E-state index in [4.69, 9.17) is 16.3 Å². The van der Waals surface area contributed by atoms with Crippen LogP contribution in [0.4, 0.5) is 0 Å². The molecule has 1 amide bonds. The molecule has 0 unspecified atom stereocenters. The van der Waals surface area contributed by atoms with E-state index < -0.39 is 5.60 Å². The van der Waals surface area contributed by atoms with Crippen molar-refractivity contribution >= 4 is 23.3 Å². The molecule has 0 bridgehead atoms. The summed E-state index contributed by atoms with van der Waals surface area (Å²) in [5.74, 6) is 0.133. The van der Waals surface area contributed by atoms with E-state index in [0.29, 0.717) is 10.8 Å². The monoisotopic (exact) mass is 361 g/mol. The van der Waals surface area contributed by atoms with Gasteiger partial charge in [0.25, 0.3) is 5.91 Å². The van der Waals surface area contributed by atoms with Gasteiger partial charge in [-0.05, 0) is 55.8 Å². The second kappa shape index (κ2) is 8.03. The maximum atomic E-state index is 12.3. The van der Waals surface area contributed by atoms with Gasteiger partial charge in [-0.25, -0.2) is 0 Å². The molecule has 0 aliphatic rings. The SMILES string of the molecule is CC(C)(Oc1ccc(Cl)cc1)C(=O)NCC(=O)Cc1ccc(O)cc1. The summed E-state index contributed by atoms with van der Waals surface area (Å²) in [7, 11) is 0. The van der Waals surface area contributed by atoms with Crippen molar-refractivity contribution in [2.75, 3.05) is 6.54 Å². The average molecular weight is 362 g/mol. The summed E-state index contributed by atoms with van der Waals surface area (Å²) in [4.78, 5) is 24.3. The Hall–Kier alpha value is -2.53. The van der Waals surface area contributed by atoms with Crippen LogP contribution in [-0.2, 0) is 16.0 Å². The number of hydrogen-bond acceptors (Lipinski definition) is 4. The Morgan fingerprint density at radius 1 is 1.08 bits per heavy atom. The highest BCUT2D eigenvalue weighted by molar-refractivity contribution is 6.30. The molecule has 0 atom stereocenters. The van der Waals surface area contributed by atoms with E-state index in [1.54, 1.807) is 50.2 Å². The third-order valence-electron chi connectivity index (χ3n) is 3.52. The van der Waals surface area contributed by atoms with Crippen molar-refractivity contribution < 1.29 is 19.4 Å². The number of aromatic hydroxyl groups is 1. The number of ketones is 1. The van der Waals surface area contributed by atoms with Crippen LogP contribution in [0.2, 0.25) is 5.02 Å². The highest BCUT2D eigenvalue weighted by Crippen LogP contribution is 2.21. The largest absolute Gasteiger partial charge is 0.508 e. The summed E-state index contributed by atoms with van der Waals surface area (Å²) >= 11 is 5.82. The predicted molar refractivity (Wildman–Crippen MR) is 96.0 cm³/mol. The maximum absolute atomic E-state index is 12.3. The number of rotatable bonds is 7. The van der Waals surface area contributed by atoms with E-state index in [0.717, 1.165) is 5.56 Å². The number of phenolic OH excluding ortho intramolecular Hbond substituents is 1. The molecule has 0 radical (unpaired) electrons. The molecular weight excluding hydrogens is 342 g/mol. The Morgan fingerprint density at radius 2 is 1.68 bits per heavy atom. The van der Waals surface area contributed by atoms with E-state index in [2.05, 4.69) is 5.32 Å². The fourth-order valence-corrected chi connectivity index (χ4v) is 2.27. The fourth-order valence-electron chi connectivity index (χ4n) is 2.14. The molecule has 25 heavy (non-hydrogen) atoms. The highest BCUT2D eigenvalue weighted by atomic mass is 35.5. The minimum atomic E-state index is -1.13. The first-order chi connectivity index (χ1) is 11.8. The van der Waals surface area contributed by atoms with Gasteiger partial charge in [-0.1, -0.05) is 23.7 Å². The number of nitrogens with one attached hydrogen (secondary N) is 1. The molecule has 2 aromatic carbocycles. The second-order valence-corrected chi connectivity index (χ2v) is 6.57. The smallest absolute Gasteiger partial charge is 0.263 e. The van der Waals surface area contributed by atoms with Gasteiger partial charge in [0.1, 0.15) is 11.5 Å². The average Bonchev–Trinajstić information content (AvgIpc) is 2.56. The van der Waals surface area contributed by atoms with Crippen LogP contribution in [0.5, 0.6) is 11.5 Å². The van der Waals surface area contributed by atoms with Crippen molar-refractivity contribution in [3.05, 3.63) is 59.1 Å². The number of Topliss-reactive ketones (excluding diaryl/α,β-unsaturated/α-hetero) is 1. The number of carbonyl (C=O) groups is 2. The van der Waals surface area contributed by atoms with E-state index in [-0.39, 0.29) is 30.4 Å². The van der Waals surface area contributed by atoms with Gasteiger partial charge in [0.05, 0.1) is 6.54 Å². The quantitative estimate of drug-likeness (QED) is 0.794. The highest BCUT2D eigenvalue weighted by Gasteiger charge is 2.30. The first kappa shape index (κ1) is 18.8. The molecule has 0 spiro atoms. The number of phenols is 1. The molecule has 2 aromatic rings. The number of amides is 1. The summed E-state index contributed by atoms with van der Waals surface area (Å²) in [5, 5.41) is 12.4. The number of benzene rings is 2. The second-order valence-electron chi connectivity index (χ2n) is 6.13. The van der Waals surface area contributed by atoms with E-state index in [9.17, 15) is 14.7 Å². The van der Waals surface area contributed by atoms with Crippen molar-refractivity contribution in [2.24, 2.45) is 0 Å². The minimum Gasteiger partial charge on any atom is -0.508 e. The summed E-state index contributed by atoms with van der Waals surface area (Å²) in [6.45, 7) is 3.16. The Labute approximate surface area is 151 Å². The van der Waals surface area contributed by atoms with E-state index in [1.807, 2.05) is 0 Å². The minimum absolute atomic E-state index is 0.0902. The molecule has 0 saturated carbocycles. The molecular formula is C19H20ClNO4. The molecule has 6 heteroatoms. The van der Waals surface area contributed by atoms with Crippen molar-refractivity contribution in [1.82, 2.24) is 5.32 Å². The van der Waals surface area contributed by atoms with Crippen LogP contribution in [0, 0.1) is 0 Å². The zero-order valence-corrected chi connectivity index (χ0v) is 14.8. The van der Waals surface area contributed by atoms with Gasteiger partial charge in [0.2, 0.25) is 0 Å². The topological polar surface area (TPSA) is 75.6 Å². The fraction of sp³-hybridized carbons (Fsp3) is 0.263. The van der Waals surface area contributed by atoms with Crippen LogP contribution in [-0.4, -0.2) is 28.9 Å². The van der Waals surface area contributed by atoms with Crippen molar-refractivity contribution in [2.45, 2.75) is 25.9 Å². The molecule has 132 valence electrons. The Kier molecular flexibility index (Phi) is 6.04. The summed E-state index contributed by atoms with van der Waals surface area (Å²) in [6.07, 6.45) is 0.180. The van der Waals surface area contributed by atoms with Crippen molar-refractivity contribution in [3.63, 3.8) is 0 Å². The number of carbonyl (C=O) groups excluding carboxylic acids is 2.